The Morgan fingerprint density at radius 2 is 1.86 bits per heavy atom. The summed E-state index contributed by atoms with van der Waals surface area (Å²) in [6.07, 6.45) is -0.645. The average molecular weight is 441 g/mol. The van der Waals surface area contributed by atoms with Crippen molar-refractivity contribution in [2.75, 3.05) is 39.3 Å². The number of aliphatic hydroxyl groups excluding tert-OH is 1. The number of hydrogen-bond donors (Lipinski definition) is 1. The van der Waals surface area contributed by atoms with Gasteiger partial charge in [0.2, 0.25) is 0 Å². The Labute approximate surface area is 179 Å². The second-order valence-electron chi connectivity index (χ2n) is 6.98. The van der Waals surface area contributed by atoms with E-state index in [1.54, 1.807) is 11.0 Å². The first-order valence-corrected chi connectivity index (χ1v) is 10.2. The van der Waals surface area contributed by atoms with Gasteiger partial charge in [-0.05, 0) is 29.8 Å². The van der Waals surface area contributed by atoms with Crippen LogP contribution in [0.5, 0.6) is 0 Å². The van der Waals surface area contributed by atoms with Crippen molar-refractivity contribution in [2.24, 2.45) is 0 Å². The molecule has 1 N–H and O–H groups in total. The molecule has 1 aliphatic rings. The molecule has 1 saturated heterocycles. The average Bonchev–Trinajstić information content (AvgIpc) is 2.69. The molecule has 8 heteroatoms. The van der Waals surface area contributed by atoms with Gasteiger partial charge in [-0.1, -0.05) is 41.4 Å². The lowest BCUT2D eigenvalue weighted by molar-refractivity contribution is 0.00204. The Morgan fingerprint density at radius 1 is 1.14 bits per heavy atom. The van der Waals surface area contributed by atoms with Crippen LogP contribution in [0.15, 0.2) is 42.5 Å². The summed E-state index contributed by atoms with van der Waals surface area (Å²) in [5.41, 5.74) is 0.902. The molecule has 0 aromatic heterocycles. The summed E-state index contributed by atoms with van der Waals surface area (Å²) in [5.74, 6) is -0.960. The molecule has 1 heterocycles. The van der Waals surface area contributed by atoms with Crippen LogP contribution in [0.2, 0.25) is 10.0 Å². The van der Waals surface area contributed by atoms with Gasteiger partial charge in [0.1, 0.15) is 5.82 Å². The Hall–Kier alpha value is -1.70. The van der Waals surface area contributed by atoms with E-state index in [9.17, 15) is 14.3 Å². The minimum absolute atomic E-state index is 0.0239. The van der Waals surface area contributed by atoms with Gasteiger partial charge in [-0.15, -0.1) is 0 Å². The van der Waals surface area contributed by atoms with Crippen molar-refractivity contribution in [3.63, 3.8) is 0 Å². The van der Waals surface area contributed by atoms with Gasteiger partial charge in [0.15, 0.2) is 0 Å². The van der Waals surface area contributed by atoms with Crippen LogP contribution in [0.4, 0.5) is 4.39 Å². The number of aliphatic hydroxyl groups is 1. The first-order valence-electron chi connectivity index (χ1n) is 9.40. The normalized spacial score (nSPS) is 16.1. The van der Waals surface area contributed by atoms with Gasteiger partial charge >= 0.3 is 0 Å². The van der Waals surface area contributed by atoms with Crippen LogP contribution in [0, 0.1) is 5.82 Å². The number of amides is 1. The third-order valence-electron chi connectivity index (χ3n) is 4.82. The zero-order valence-electron chi connectivity index (χ0n) is 15.9. The van der Waals surface area contributed by atoms with Crippen molar-refractivity contribution in [1.29, 1.82) is 0 Å². The van der Waals surface area contributed by atoms with Crippen LogP contribution in [-0.2, 0) is 11.3 Å². The van der Waals surface area contributed by atoms with E-state index in [0.29, 0.717) is 44.4 Å². The second-order valence-corrected chi connectivity index (χ2v) is 7.82. The fraction of sp³-hybridized carbons (Fsp3) is 0.381. The summed E-state index contributed by atoms with van der Waals surface area (Å²) in [7, 11) is 0. The standard InChI is InChI=1S/C21H23Cl2FN2O3/c22-16-5-6-18(20(24)11-16)21(28)26-9-7-25(8-10-26)12-17(27)14-29-13-15-3-1-2-4-19(15)23/h1-6,11,17,27H,7-10,12-14H2. The van der Waals surface area contributed by atoms with Gasteiger partial charge in [0, 0.05) is 42.8 Å². The lowest BCUT2D eigenvalue weighted by Gasteiger charge is -2.35. The van der Waals surface area contributed by atoms with E-state index >= 15 is 0 Å². The third-order valence-corrected chi connectivity index (χ3v) is 5.42. The van der Waals surface area contributed by atoms with Gasteiger partial charge in [-0.3, -0.25) is 9.69 Å². The zero-order chi connectivity index (χ0) is 20.8. The van der Waals surface area contributed by atoms with Gasteiger partial charge in [-0.2, -0.15) is 0 Å². The van der Waals surface area contributed by atoms with E-state index in [0.717, 1.165) is 11.6 Å². The molecule has 29 heavy (non-hydrogen) atoms. The maximum absolute atomic E-state index is 14.0. The van der Waals surface area contributed by atoms with Gasteiger partial charge < -0.3 is 14.7 Å². The first kappa shape index (κ1) is 22.0. The molecule has 1 unspecified atom stereocenters. The minimum atomic E-state index is -0.645. The Balaban J connectivity index is 1.41. The summed E-state index contributed by atoms with van der Waals surface area (Å²) in [6.45, 7) is 3.11. The van der Waals surface area contributed by atoms with Crippen molar-refractivity contribution in [2.45, 2.75) is 12.7 Å². The number of rotatable bonds is 7. The summed E-state index contributed by atoms with van der Waals surface area (Å²) >= 11 is 11.8. The molecular weight excluding hydrogens is 418 g/mol. The Kier molecular flexibility index (Phi) is 7.86. The number of nitrogens with zero attached hydrogens (tertiary/aromatic N) is 2. The van der Waals surface area contributed by atoms with Crippen molar-refractivity contribution in [1.82, 2.24) is 9.80 Å². The summed E-state index contributed by atoms with van der Waals surface area (Å²) in [5, 5.41) is 11.1. The van der Waals surface area contributed by atoms with Crippen LogP contribution >= 0.6 is 23.2 Å². The molecule has 5 nitrogen and oxygen atoms in total. The van der Waals surface area contributed by atoms with E-state index < -0.39 is 11.9 Å². The number of halogens is 3. The predicted octanol–water partition coefficient (Wildman–Crippen LogP) is 3.47. The van der Waals surface area contributed by atoms with Crippen molar-refractivity contribution in [3.05, 3.63) is 69.5 Å². The highest BCUT2D eigenvalue weighted by Crippen LogP contribution is 2.18. The number of piperazine rings is 1. The van der Waals surface area contributed by atoms with E-state index in [2.05, 4.69) is 4.90 Å². The van der Waals surface area contributed by atoms with Crippen LogP contribution in [0.3, 0.4) is 0 Å². The fourth-order valence-corrected chi connectivity index (χ4v) is 3.59. The molecule has 0 saturated carbocycles. The highest BCUT2D eigenvalue weighted by molar-refractivity contribution is 6.31. The molecule has 3 rings (SSSR count). The van der Waals surface area contributed by atoms with Crippen LogP contribution in [-0.4, -0.2) is 66.2 Å². The van der Waals surface area contributed by atoms with Gasteiger partial charge in [0.25, 0.3) is 5.91 Å². The zero-order valence-corrected chi connectivity index (χ0v) is 17.4. The highest BCUT2D eigenvalue weighted by Gasteiger charge is 2.25. The molecule has 1 atom stereocenters. The van der Waals surface area contributed by atoms with E-state index in [1.807, 2.05) is 18.2 Å². The predicted molar refractivity (Wildman–Crippen MR) is 111 cm³/mol. The number of carbonyl (C=O) groups excluding carboxylic acids is 1. The monoisotopic (exact) mass is 440 g/mol. The molecule has 0 spiro atoms. The molecule has 2 aromatic rings. The molecule has 1 amide bonds. The first-order chi connectivity index (χ1) is 13.9. The lowest BCUT2D eigenvalue weighted by Crippen LogP contribution is -2.51. The summed E-state index contributed by atoms with van der Waals surface area (Å²) < 4.78 is 19.5. The maximum atomic E-state index is 14.0. The van der Waals surface area contributed by atoms with E-state index in [1.165, 1.54) is 12.1 Å². The quantitative estimate of drug-likeness (QED) is 0.715. The van der Waals surface area contributed by atoms with Gasteiger partial charge in [-0.25, -0.2) is 4.39 Å². The Bertz CT molecular complexity index is 844. The second kappa shape index (κ2) is 10.4. The third kappa shape index (κ3) is 6.14. The van der Waals surface area contributed by atoms with Crippen molar-refractivity contribution < 1.29 is 19.0 Å². The largest absolute Gasteiger partial charge is 0.389 e. The number of hydrogen-bond acceptors (Lipinski definition) is 4. The smallest absolute Gasteiger partial charge is 0.256 e. The molecule has 1 aliphatic heterocycles. The topological polar surface area (TPSA) is 53.0 Å². The fourth-order valence-electron chi connectivity index (χ4n) is 3.24. The molecule has 0 aliphatic carbocycles. The molecule has 0 radical (unpaired) electrons. The molecule has 156 valence electrons. The number of ether oxygens (including phenoxy) is 1. The summed E-state index contributed by atoms with van der Waals surface area (Å²) in [6, 6.07) is 11.5. The minimum Gasteiger partial charge on any atom is -0.389 e. The van der Waals surface area contributed by atoms with Crippen molar-refractivity contribution in [3.8, 4) is 0 Å². The number of carbonyl (C=O) groups is 1. The number of benzene rings is 2. The lowest BCUT2D eigenvalue weighted by atomic mass is 10.1. The Morgan fingerprint density at radius 3 is 2.55 bits per heavy atom. The number of β-amino-alcohol motifs (C(OH)–C–C–N with tert-alkyl or cyclic N) is 1. The van der Waals surface area contributed by atoms with Crippen LogP contribution in [0.1, 0.15) is 15.9 Å². The molecule has 2 aromatic carbocycles. The van der Waals surface area contributed by atoms with Crippen LogP contribution in [0.25, 0.3) is 0 Å². The molecule has 1 fully saturated rings. The van der Waals surface area contributed by atoms with Gasteiger partial charge in [0.05, 0.1) is 24.9 Å². The highest BCUT2D eigenvalue weighted by atomic mass is 35.5. The summed E-state index contributed by atoms with van der Waals surface area (Å²) in [4.78, 5) is 16.2. The molecule has 0 bridgehead atoms. The maximum Gasteiger partial charge on any atom is 0.256 e. The molecular formula is C21H23Cl2FN2O3. The van der Waals surface area contributed by atoms with Crippen LogP contribution < -0.4 is 0 Å². The van der Waals surface area contributed by atoms with E-state index in [4.69, 9.17) is 27.9 Å². The van der Waals surface area contributed by atoms with Crippen molar-refractivity contribution >= 4 is 29.1 Å². The van der Waals surface area contributed by atoms with E-state index in [-0.39, 0.29) is 23.1 Å². The SMILES string of the molecule is O=C(c1ccc(Cl)cc1F)N1CCN(CC(O)COCc2ccccc2Cl)CC1.